The fraction of sp³-hybridized carbons (Fsp3) is 0.500. The zero-order chi connectivity index (χ0) is 16.0. The van der Waals surface area contributed by atoms with Crippen LogP contribution in [0.5, 0.6) is 5.75 Å². The molecule has 5 heteroatoms. The molecule has 0 saturated carbocycles. The smallest absolute Gasteiger partial charge is 0.303 e. The molecule has 21 heavy (non-hydrogen) atoms. The summed E-state index contributed by atoms with van der Waals surface area (Å²) >= 11 is 0. The van der Waals surface area contributed by atoms with E-state index in [0.29, 0.717) is 0 Å². The molecule has 0 bridgehead atoms. The Morgan fingerprint density at radius 3 is 2.48 bits per heavy atom. The fourth-order valence-corrected chi connectivity index (χ4v) is 2.30. The number of carboxylic acids is 1. The summed E-state index contributed by atoms with van der Waals surface area (Å²) in [4.78, 5) is 22.9. The lowest BCUT2D eigenvalue weighted by atomic mass is 9.85. The summed E-state index contributed by atoms with van der Waals surface area (Å²) in [5, 5.41) is 11.7. The average Bonchev–Trinajstić information content (AvgIpc) is 2.35. The Kier molecular flexibility index (Phi) is 5.76. The van der Waals surface area contributed by atoms with Crippen LogP contribution in [0.4, 0.5) is 0 Å². The summed E-state index contributed by atoms with van der Waals surface area (Å²) in [6, 6.07) is 7.29. The van der Waals surface area contributed by atoms with E-state index in [9.17, 15) is 9.59 Å². The number of methoxy groups -OCH3 is 1. The number of para-hydroxylation sites is 1. The molecule has 1 aromatic rings. The number of hydrogen-bond donors (Lipinski definition) is 2. The monoisotopic (exact) mass is 293 g/mol. The van der Waals surface area contributed by atoms with Gasteiger partial charge in [0, 0.05) is 12.0 Å². The first-order chi connectivity index (χ1) is 9.75. The molecule has 0 spiro atoms. The van der Waals surface area contributed by atoms with Crippen LogP contribution in [0, 0.1) is 5.41 Å². The van der Waals surface area contributed by atoms with Gasteiger partial charge in [-0.2, -0.15) is 0 Å². The molecule has 0 heterocycles. The van der Waals surface area contributed by atoms with Crippen LogP contribution in [0.15, 0.2) is 24.3 Å². The molecule has 1 rings (SSSR count). The number of benzene rings is 1. The quantitative estimate of drug-likeness (QED) is 0.810. The highest BCUT2D eigenvalue weighted by atomic mass is 16.5. The van der Waals surface area contributed by atoms with Gasteiger partial charge in [0.15, 0.2) is 0 Å². The topological polar surface area (TPSA) is 75.6 Å². The van der Waals surface area contributed by atoms with Gasteiger partial charge in [-0.1, -0.05) is 32.0 Å². The minimum absolute atomic E-state index is 0.0382. The van der Waals surface area contributed by atoms with Gasteiger partial charge in [-0.3, -0.25) is 9.59 Å². The number of aliphatic carboxylic acids is 1. The standard InChI is InChI=1S/C16H23NO4/c1-11(12-7-5-6-8-13(12)21-4)17-14(18)9-16(2,3)10-15(19)20/h5-8,11H,9-10H2,1-4H3,(H,17,18)(H,19,20). The van der Waals surface area contributed by atoms with Gasteiger partial charge < -0.3 is 15.2 Å². The van der Waals surface area contributed by atoms with Crippen molar-refractivity contribution in [2.75, 3.05) is 7.11 Å². The van der Waals surface area contributed by atoms with Crippen LogP contribution >= 0.6 is 0 Å². The van der Waals surface area contributed by atoms with Crippen LogP contribution in [0.2, 0.25) is 0 Å². The first-order valence-corrected chi connectivity index (χ1v) is 6.89. The molecule has 116 valence electrons. The predicted molar refractivity (Wildman–Crippen MR) is 80.2 cm³/mol. The van der Waals surface area contributed by atoms with Crippen molar-refractivity contribution in [1.29, 1.82) is 0 Å². The molecule has 1 amide bonds. The molecule has 5 nitrogen and oxygen atoms in total. The molecule has 0 fully saturated rings. The van der Waals surface area contributed by atoms with Gasteiger partial charge in [-0.25, -0.2) is 0 Å². The van der Waals surface area contributed by atoms with Gasteiger partial charge in [-0.05, 0) is 18.4 Å². The maximum atomic E-state index is 12.1. The second-order valence-corrected chi connectivity index (χ2v) is 5.94. The van der Waals surface area contributed by atoms with Crippen molar-refractivity contribution in [3.8, 4) is 5.75 Å². The van der Waals surface area contributed by atoms with E-state index in [-0.39, 0.29) is 24.8 Å². The van der Waals surface area contributed by atoms with Crippen LogP contribution in [0.1, 0.15) is 45.2 Å². The molecule has 1 aromatic carbocycles. The Hall–Kier alpha value is -2.04. The van der Waals surface area contributed by atoms with E-state index in [0.717, 1.165) is 11.3 Å². The zero-order valence-electron chi connectivity index (χ0n) is 13.0. The lowest BCUT2D eigenvalue weighted by Gasteiger charge is -2.23. The molecule has 1 unspecified atom stereocenters. The number of rotatable bonds is 7. The molecular weight excluding hydrogens is 270 g/mol. The van der Waals surface area contributed by atoms with E-state index in [2.05, 4.69) is 5.32 Å². The largest absolute Gasteiger partial charge is 0.496 e. The first kappa shape index (κ1) is 17.0. The second-order valence-electron chi connectivity index (χ2n) is 5.94. The van der Waals surface area contributed by atoms with E-state index >= 15 is 0 Å². The molecular formula is C16H23NO4. The van der Waals surface area contributed by atoms with Gasteiger partial charge >= 0.3 is 5.97 Å². The van der Waals surface area contributed by atoms with Crippen LogP contribution in [-0.2, 0) is 9.59 Å². The molecule has 0 aliphatic heterocycles. The second kappa shape index (κ2) is 7.11. The van der Waals surface area contributed by atoms with Gasteiger partial charge in [0.1, 0.15) is 5.75 Å². The molecule has 0 aromatic heterocycles. The number of nitrogens with one attached hydrogen (secondary N) is 1. The Morgan fingerprint density at radius 1 is 1.29 bits per heavy atom. The molecule has 1 atom stereocenters. The van der Waals surface area contributed by atoms with Crippen LogP contribution < -0.4 is 10.1 Å². The first-order valence-electron chi connectivity index (χ1n) is 6.89. The van der Waals surface area contributed by atoms with Crippen molar-refractivity contribution in [3.05, 3.63) is 29.8 Å². The van der Waals surface area contributed by atoms with Crippen molar-refractivity contribution >= 4 is 11.9 Å². The maximum Gasteiger partial charge on any atom is 0.303 e. The average molecular weight is 293 g/mol. The van der Waals surface area contributed by atoms with Gasteiger partial charge in [0.2, 0.25) is 5.91 Å². The van der Waals surface area contributed by atoms with Crippen LogP contribution in [-0.4, -0.2) is 24.1 Å². The van der Waals surface area contributed by atoms with Crippen LogP contribution in [0.3, 0.4) is 0 Å². The lowest BCUT2D eigenvalue weighted by Crippen LogP contribution is -2.32. The van der Waals surface area contributed by atoms with Crippen molar-refractivity contribution < 1.29 is 19.4 Å². The summed E-state index contributed by atoms with van der Waals surface area (Å²) < 4.78 is 5.27. The summed E-state index contributed by atoms with van der Waals surface area (Å²) in [5.74, 6) is -0.347. The van der Waals surface area contributed by atoms with E-state index < -0.39 is 11.4 Å². The minimum atomic E-state index is -0.898. The third-order valence-electron chi connectivity index (χ3n) is 3.25. The molecule has 0 aliphatic carbocycles. The van der Waals surface area contributed by atoms with E-state index in [1.54, 1.807) is 21.0 Å². The number of carboxylic acid groups (broad SMARTS) is 1. The van der Waals surface area contributed by atoms with Gasteiger partial charge in [-0.15, -0.1) is 0 Å². The van der Waals surface area contributed by atoms with Crippen molar-refractivity contribution in [2.45, 2.75) is 39.7 Å². The highest BCUT2D eigenvalue weighted by Gasteiger charge is 2.26. The highest BCUT2D eigenvalue weighted by molar-refractivity contribution is 5.78. The van der Waals surface area contributed by atoms with Gasteiger partial charge in [0.05, 0.1) is 19.6 Å². The fourth-order valence-electron chi connectivity index (χ4n) is 2.30. The van der Waals surface area contributed by atoms with Crippen molar-refractivity contribution in [3.63, 3.8) is 0 Å². The molecule has 0 aliphatic rings. The molecule has 2 N–H and O–H groups in total. The summed E-state index contributed by atoms with van der Waals surface area (Å²) in [7, 11) is 1.59. The predicted octanol–water partition coefficient (Wildman–Crippen LogP) is 2.76. The van der Waals surface area contributed by atoms with Gasteiger partial charge in [0.25, 0.3) is 0 Å². The number of carbonyl (C=O) groups excluding carboxylic acids is 1. The Balaban J connectivity index is 2.68. The lowest BCUT2D eigenvalue weighted by molar-refractivity contribution is -0.139. The zero-order valence-corrected chi connectivity index (χ0v) is 13.0. The summed E-state index contributed by atoms with van der Waals surface area (Å²) in [5.41, 5.74) is 0.320. The van der Waals surface area contributed by atoms with E-state index in [4.69, 9.17) is 9.84 Å². The summed E-state index contributed by atoms with van der Waals surface area (Å²) in [6.45, 7) is 5.42. The number of carbonyl (C=O) groups is 2. The highest BCUT2D eigenvalue weighted by Crippen LogP contribution is 2.27. The number of ether oxygens (including phenoxy) is 1. The maximum absolute atomic E-state index is 12.1. The third-order valence-corrected chi connectivity index (χ3v) is 3.25. The third kappa shape index (κ3) is 5.45. The number of hydrogen-bond acceptors (Lipinski definition) is 3. The van der Waals surface area contributed by atoms with E-state index in [1.165, 1.54) is 0 Å². The normalized spacial score (nSPS) is 12.6. The number of amides is 1. The van der Waals surface area contributed by atoms with Crippen molar-refractivity contribution in [1.82, 2.24) is 5.32 Å². The van der Waals surface area contributed by atoms with E-state index in [1.807, 2.05) is 31.2 Å². The Bertz CT molecular complexity index is 511. The van der Waals surface area contributed by atoms with Crippen LogP contribution in [0.25, 0.3) is 0 Å². The Labute approximate surface area is 125 Å². The van der Waals surface area contributed by atoms with Crippen molar-refractivity contribution in [2.24, 2.45) is 5.41 Å². The molecule has 0 radical (unpaired) electrons. The minimum Gasteiger partial charge on any atom is -0.496 e. The molecule has 0 saturated heterocycles. The SMILES string of the molecule is COc1ccccc1C(C)NC(=O)CC(C)(C)CC(=O)O. The summed E-state index contributed by atoms with van der Waals surface area (Å²) in [6.07, 6.45) is 0.127. The Morgan fingerprint density at radius 2 is 1.90 bits per heavy atom.